The van der Waals surface area contributed by atoms with Gasteiger partial charge in [-0.3, -0.25) is 4.79 Å². The van der Waals surface area contributed by atoms with Gasteiger partial charge in [-0.1, -0.05) is 24.3 Å². The predicted octanol–water partition coefficient (Wildman–Crippen LogP) is 1.92. The molecule has 1 saturated heterocycles. The summed E-state index contributed by atoms with van der Waals surface area (Å²) in [7, 11) is 1.90. The van der Waals surface area contributed by atoms with E-state index < -0.39 is 0 Å². The molecule has 27 heavy (non-hydrogen) atoms. The molecule has 1 amide bonds. The number of aromatic nitrogens is 2. The molecule has 0 spiro atoms. The van der Waals surface area contributed by atoms with Crippen LogP contribution in [0, 0.1) is 12.8 Å². The summed E-state index contributed by atoms with van der Waals surface area (Å²) in [5, 5.41) is 5.97. The second-order valence-corrected chi connectivity index (χ2v) is 6.95. The van der Waals surface area contributed by atoms with Crippen LogP contribution in [0.1, 0.15) is 25.5 Å². The van der Waals surface area contributed by atoms with Crippen LogP contribution in [-0.4, -0.2) is 54.3 Å². The molecule has 144 valence electrons. The molecule has 2 N–H and O–H groups in total. The Morgan fingerprint density at radius 2 is 2.11 bits per heavy atom. The summed E-state index contributed by atoms with van der Waals surface area (Å²) in [4.78, 5) is 28.1. The molecule has 0 bridgehead atoms. The Morgan fingerprint density at radius 1 is 1.30 bits per heavy atom. The largest absolute Gasteiger partial charge is 0.351 e. The van der Waals surface area contributed by atoms with E-state index in [2.05, 4.69) is 54.8 Å². The lowest BCUT2D eigenvalue weighted by atomic mass is 9.96. The minimum atomic E-state index is -0.153. The minimum Gasteiger partial charge on any atom is -0.351 e. The molecular weight excluding hydrogens is 340 g/mol. The topological polar surface area (TPSA) is 82.5 Å². The van der Waals surface area contributed by atoms with Crippen LogP contribution in [0.25, 0.3) is 0 Å². The zero-order chi connectivity index (χ0) is 19.2. The number of nitrogens with one attached hydrogen (secondary N) is 2. The maximum Gasteiger partial charge on any atom is 0.265 e. The minimum absolute atomic E-state index is 0.153. The van der Waals surface area contributed by atoms with E-state index in [1.165, 1.54) is 0 Å². The molecule has 3 rings (SSSR count). The number of aliphatic imine (C=N–C) groups is 1. The lowest BCUT2D eigenvalue weighted by Gasteiger charge is -2.28. The predicted molar refractivity (Wildman–Crippen MR) is 109 cm³/mol. The van der Waals surface area contributed by atoms with E-state index in [0.29, 0.717) is 23.9 Å². The van der Waals surface area contributed by atoms with Crippen LogP contribution in [-0.2, 0) is 4.79 Å². The van der Waals surface area contributed by atoms with Gasteiger partial charge in [0.2, 0.25) is 0 Å². The highest BCUT2D eigenvalue weighted by Crippen LogP contribution is 2.37. The average Bonchev–Trinajstić information content (AvgIpc) is 3.10. The summed E-state index contributed by atoms with van der Waals surface area (Å²) < 4.78 is 0. The van der Waals surface area contributed by atoms with Gasteiger partial charge in [0.15, 0.2) is 5.82 Å². The van der Waals surface area contributed by atoms with E-state index in [-0.39, 0.29) is 11.9 Å². The van der Waals surface area contributed by atoms with Crippen LogP contribution in [0.3, 0.4) is 0 Å². The van der Waals surface area contributed by atoms with Crippen molar-refractivity contribution in [1.82, 2.24) is 20.6 Å². The molecule has 7 nitrogen and oxygen atoms in total. The number of nitrogens with zero attached hydrogens (tertiary/aromatic N) is 4. The third-order valence-corrected chi connectivity index (χ3v) is 5.03. The van der Waals surface area contributed by atoms with Gasteiger partial charge in [0.05, 0.1) is 11.7 Å². The Balaban J connectivity index is 1.80. The van der Waals surface area contributed by atoms with Gasteiger partial charge in [0.25, 0.3) is 5.91 Å². The first-order chi connectivity index (χ1) is 13.1. The second kappa shape index (κ2) is 8.90. The number of carbonyl (C=O) groups excluding carboxylic acids is 1. The highest BCUT2D eigenvalue weighted by molar-refractivity contribution is 6.38. The number of hydrogen-bond donors (Lipinski definition) is 2. The van der Waals surface area contributed by atoms with Crippen molar-refractivity contribution in [2.75, 3.05) is 31.6 Å². The fraction of sp³-hybridized carbons (Fsp3) is 0.500. The molecule has 0 radical (unpaired) electrons. The Hall–Kier alpha value is -2.54. The average molecular weight is 368 g/mol. The standard InChI is InChI=1S/C20H28N6O/c1-14-18(25-15(2)20(27)22-11-6-10-21-3)19(24-13-23-14)26-12-9-16-7-4-5-8-17(16)26/h4-5,7-8,13,16-17,21H,6,9-12H2,1-3H3,(H,22,27)/t16?,17-/m0/s1. The first-order valence-electron chi connectivity index (χ1n) is 9.53. The molecule has 2 heterocycles. The molecular formula is C20H28N6O. The van der Waals surface area contributed by atoms with E-state index in [1.807, 2.05) is 14.0 Å². The van der Waals surface area contributed by atoms with Crippen molar-refractivity contribution in [1.29, 1.82) is 0 Å². The Bertz CT molecular complexity index is 770. The van der Waals surface area contributed by atoms with Crippen molar-refractivity contribution in [3.05, 3.63) is 36.3 Å². The molecule has 7 heteroatoms. The number of aryl methyl sites for hydroxylation is 1. The normalized spacial score (nSPS) is 21.4. The van der Waals surface area contributed by atoms with Gasteiger partial charge >= 0.3 is 0 Å². The van der Waals surface area contributed by atoms with E-state index in [1.54, 1.807) is 13.3 Å². The number of amides is 1. The summed E-state index contributed by atoms with van der Waals surface area (Å²) >= 11 is 0. The maximum atomic E-state index is 12.3. The van der Waals surface area contributed by atoms with Gasteiger partial charge in [-0.15, -0.1) is 0 Å². The fourth-order valence-electron chi connectivity index (χ4n) is 3.54. The summed E-state index contributed by atoms with van der Waals surface area (Å²) in [5.41, 5.74) is 1.89. The van der Waals surface area contributed by atoms with E-state index in [9.17, 15) is 4.79 Å². The molecule has 1 aliphatic carbocycles. The molecule has 1 aliphatic heterocycles. The molecule has 1 fully saturated rings. The van der Waals surface area contributed by atoms with Crippen molar-refractivity contribution in [2.45, 2.75) is 32.7 Å². The van der Waals surface area contributed by atoms with E-state index in [4.69, 9.17) is 0 Å². The van der Waals surface area contributed by atoms with Crippen molar-refractivity contribution in [3.8, 4) is 0 Å². The Morgan fingerprint density at radius 3 is 2.93 bits per heavy atom. The lowest BCUT2D eigenvalue weighted by molar-refractivity contribution is -0.114. The second-order valence-electron chi connectivity index (χ2n) is 6.95. The monoisotopic (exact) mass is 368 g/mol. The summed E-state index contributed by atoms with van der Waals surface area (Å²) in [6.07, 6.45) is 12.2. The molecule has 0 aromatic carbocycles. The van der Waals surface area contributed by atoms with Gasteiger partial charge < -0.3 is 15.5 Å². The van der Waals surface area contributed by atoms with E-state index in [0.717, 1.165) is 37.4 Å². The van der Waals surface area contributed by atoms with Gasteiger partial charge in [0, 0.05) is 19.0 Å². The molecule has 1 aromatic heterocycles. The highest BCUT2D eigenvalue weighted by Gasteiger charge is 2.34. The van der Waals surface area contributed by atoms with Gasteiger partial charge in [-0.25, -0.2) is 15.0 Å². The van der Waals surface area contributed by atoms with Gasteiger partial charge in [-0.2, -0.15) is 0 Å². The van der Waals surface area contributed by atoms with Crippen molar-refractivity contribution in [3.63, 3.8) is 0 Å². The van der Waals surface area contributed by atoms with Gasteiger partial charge in [-0.05, 0) is 40.3 Å². The summed E-state index contributed by atoms with van der Waals surface area (Å²) in [6, 6.07) is 0.286. The third-order valence-electron chi connectivity index (χ3n) is 5.03. The highest BCUT2D eigenvalue weighted by atomic mass is 16.1. The number of rotatable bonds is 7. The van der Waals surface area contributed by atoms with Gasteiger partial charge in [0.1, 0.15) is 17.7 Å². The van der Waals surface area contributed by atoms with Crippen LogP contribution in [0.2, 0.25) is 0 Å². The lowest BCUT2D eigenvalue weighted by Crippen LogP contribution is -2.33. The van der Waals surface area contributed by atoms with Crippen molar-refractivity contribution < 1.29 is 4.79 Å². The number of hydrogen-bond acceptors (Lipinski definition) is 6. The molecule has 2 atom stereocenters. The van der Waals surface area contributed by atoms with Crippen LogP contribution >= 0.6 is 0 Å². The third kappa shape index (κ3) is 4.42. The van der Waals surface area contributed by atoms with E-state index >= 15 is 0 Å². The first-order valence-corrected chi connectivity index (χ1v) is 9.53. The Labute approximate surface area is 160 Å². The van der Waals surface area contributed by atoms with Crippen LogP contribution in [0.4, 0.5) is 11.5 Å². The van der Waals surface area contributed by atoms with Crippen molar-refractivity contribution in [2.24, 2.45) is 10.9 Å². The number of carbonyl (C=O) groups is 1. The fourth-order valence-corrected chi connectivity index (χ4v) is 3.54. The molecule has 1 aromatic rings. The molecule has 1 unspecified atom stereocenters. The SMILES string of the molecule is CNCCCNC(=O)C(C)=Nc1c(C)ncnc1N1CCC2C=CC=C[C@@H]21. The molecule has 2 aliphatic rings. The van der Waals surface area contributed by atoms with Crippen LogP contribution in [0.15, 0.2) is 35.6 Å². The maximum absolute atomic E-state index is 12.3. The summed E-state index contributed by atoms with van der Waals surface area (Å²) in [6.45, 7) is 6.05. The smallest absolute Gasteiger partial charge is 0.265 e. The van der Waals surface area contributed by atoms with Crippen LogP contribution in [0.5, 0.6) is 0 Å². The number of allylic oxidation sites excluding steroid dienone is 2. The Kier molecular flexibility index (Phi) is 6.34. The quantitative estimate of drug-likeness (QED) is 0.568. The number of anilines is 1. The van der Waals surface area contributed by atoms with Crippen LogP contribution < -0.4 is 15.5 Å². The van der Waals surface area contributed by atoms with Crippen molar-refractivity contribution >= 4 is 23.1 Å². The number of fused-ring (bicyclic) bond motifs is 1. The first kappa shape index (κ1) is 19.2. The zero-order valence-electron chi connectivity index (χ0n) is 16.3. The summed E-state index contributed by atoms with van der Waals surface area (Å²) in [5.74, 6) is 1.15. The zero-order valence-corrected chi connectivity index (χ0v) is 16.3. The molecule has 0 saturated carbocycles.